The highest BCUT2D eigenvalue weighted by molar-refractivity contribution is 7.89. The Balaban J connectivity index is 1.86. The van der Waals surface area contributed by atoms with Crippen LogP contribution in [0.3, 0.4) is 0 Å². The Labute approximate surface area is 175 Å². The van der Waals surface area contributed by atoms with E-state index in [2.05, 4.69) is 15.4 Å². The zero-order valence-corrected chi connectivity index (χ0v) is 17.3. The van der Waals surface area contributed by atoms with Crippen LogP contribution < -0.4 is 15.4 Å². The van der Waals surface area contributed by atoms with E-state index in [0.29, 0.717) is 6.42 Å². The second kappa shape index (κ2) is 9.33. The summed E-state index contributed by atoms with van der Waals surface area (Å²) in [6, 6.07) is 12.4. The van der Waals surface area contributed by atoms with Gasteiger partial charge in [0.1, 0.15) is 0 Å². The zero-order valence-electron chi connectivity index (χ0n) is 16.4. The van der Waals surface area contributed by atoms with Crippen molar-refractivity contribution in [2.45, 2.75) is 42.8 Å². The number of carbonyl (C=O) groups excluding carboxylic acids is 1. The number of para-hydroxylation sites is 1. The predicted molar refractivity (Wildman–Crippen MR) is 111 cm³/mol. The number of nitrogens with one attached hydrogen (secondary N) is 3. The number of nitrogens with zero attached hydrogens (tertiary/aromatic N) is 1. The standard InChI is InChI=1S/C20H24N4O5S/c1-14(23-30(28,29)18-12-6-5-11-17(18)24(26)27)19(15-8-3-2-4-9-15)22-20(25)16-10-7-13-21-16/h2-6,8-9,11-12,14,16,19,21,23H,7,10,13H2,1H3,(H,22,25)/t14-,16+,19-/m1/s1. The summed E-state index contributed by atoms with van der Waals surface area (Å²) >= 11 is 0. The highest BCUT2D eigenvalue weighted by Crippen LogP contribution is 2.25. The van der Waals surface area contributed by atoms with Gasteiger partial charge in [0, 0.05) is 12.1 Å². The maximum atomic E-state index is 12.9. The van der Waals surface area contributed by atoms with Crippen molar-refractivity contribution in [3.8, 4) is 0 Å². The fourth-order valence-electron chi connectivity index (χ4n) is 3.53. The molecule has 0 spiro atoms. The van der Waals surface area contributed by atoms with Gasteiger partial charge in [0.2, 0.25) is 15.9 Å². The van der Waals surface area contributed by atoms with E-state index < -0.39 is 37.6 Å². The number of hydrogen-bond donors (Lipinski definition) is 3. The van der Waals surface area contributed by atoms with Crippen molar-refractivity contribution in [1.29, 1.82) is 0 Å². The molecule has 1 amide bonds. The van der Waals surface area contributed by atoms with Gasteiger partial charge < -0.3 is 10.6 Å². The minimum absolute atomic E-state index is 0.210. The van der Waals surface area contributed by atoms with Gasteiger partial charge in [0.25, 0.3) is 5.69 Å². The maximum Gasteiger partial charge on any atom is 0.289 e. The molecule has 1 heterocycles. The SMILES string of the molecule is C[C@@H](NS(=O)(=O)c1ccccc1[N+](=O)[O-])[C@@H](NC(=O)[C@@H]1CCCN1)c1ccccc1. The molecular weight excluding hydrogens is 408 g/mol. The molecule has 1 aliphatic heterocycles. The Bertz CT molecular complexity index is 1010. The van der Waals surface area contributed by atoms with E-state index in [-0.39, 0.29) is 11.9 Å². The predicted octanol–water partition coefficient (Wildman–Crippen LogP) is 1.87. The highest BCUT2D eigenvalue weighted by Gasteiger charge is 2.32. The number of benzene rings is 2. The summed E-state index contributed by atoms with van der Waals surface area (Å²) in [5, 5.41) is 17.3. The van der Waals surface area contributed by atoms with E-state index in [9.17, 15) is 23.3 Å². The van der Waals surface area contributed by atoms with Crippen molar-refractivity contribution < 1.29 is 18.1 Å². The molecule has 0 radical (unpaired) electrons. The van der Waals surface area contributed by atoms with Gasteiger partial charge in [-0.05, 0) is 37.9 Å². The molecule has 0 saturated carbocycles. The topological polar surface area (TPSA) is 130 Å². The van der Waals surface area contributed by atoms with Gasteiger partial charge in [-0.2, -0.15) is 0 Å². The first-order valence-electron chi connectivity index (χ1n) is 9.64. The van der Waals surface area contributed by atoms with Crippen LogP contribution in [-0.2, 0) is 14.8 Å². The van der Waals surface area contributed by atoms with Gasteiger partial charge in [0.15, 0.2) is 4.90 Å². The van der Waals surface area contributed by atoms with Gasteiger partial charge in [-0.25, -0.2) is 13.1 Å². The largest absolute Gasteiger partial charge is 0.346 e. The van der Waals surface area contributed by atoms with Crippen molar-refractivity contribution >= 4 is 21.6 Å². The van der Waals surface area contributed by atoms with Crippen molar-refractivity contribution in [2.75, 3.05) is 6.54 Å². The van der Waals surface area contributed by atoms with Crippen LogP contribution in [0.5, 0.6) is 0 Å². The molecular formula is C20H24N4O5S. The van der Waals surface area contributed by atoms with Gasteiger partial charge >= 0.3 is 0 Å². The number of carbonyl (C=O) groups is 1. The van der Waals surface area contributed by atoms with Gasteiger partial charge in [0.05, 0.1) is 17.0 Å². The molecule has 30 heavy (non-hydrogen) atoms. The zero-order chi connectivity index (χ0) is 21.7. The average Bonchev–Trinajstić information content (AvgIpc) is 3.27. The molecule has 2 aromatic rings. The first-order valence-corrected chi connectivity index (χ1v) is 11.1. The first-order chi connectivity index (χ1) is 14.3. The Kier molecular flexibility index (Phi) is 6.80. The summed E-state index contributed by atoms with van der Waals surface area (Å²) in [6.45, 7) is 2.38. The van der Waals surface area contributed by atoms with Crippen LogP contribution in [0.15, 0.2) is 59.5 Å². The number of hydrogen-bond acceptors (Lipinski definition) is 6. The van der Waals surface area contributed by atoms with Crippen LogP contribution in [0.25, 0.3) is 0 Å². The monoisotopic (exact) mass is 432 g/mol. The third kappa shape index (κ3) is 5.02. The molecule has 2 aromatic carbocycles. The van der Waals surface area contributed by atoms with Crippen LogP contribution >= 0.6 is 0 Å². The summed E-state index contributed by atoms with van der Waals surface area (Å²) in [6.07, 6.45) is 1.61. The molecule has 160 valence electrons. The maximum absolute atomic E-state index is 12.9. The summed E-state index contributed by atoms with van der Waals surface area (Å²) in [5.74, 6) is -0.210. The Hall–Kier alpha value is -2.82. The van der Waals surface area contributed by atoms with E-state index in [1.807, 2.05) is 6.07 Å². The number of nitro groups is 1. The average molecular weight is 433 g/mol. The molecule has 3 rings (SSSR count). The first kappa shape index (κ1) is 21.9. The molecule has 0 aliphatic carbocycles. The number of sulfonamides is 1. The van der Waals surface area contributed by atoms with E-state index in [0.717, 1.165) is 24.6 Å². The second-order valence-corrected chi connectivity index (χ2v) is 8.86. The fourth-order valence-corrected chi connectivity index (χ4v) is 4.96. The van der Waals surface area contributed by atoms with E-state index in [4.69, 9.17) is 0 Å². The minimum atomic E-state index is -4.20. The van der Waals surface area contributed by atoms with Crippen molar-refractivity contribution in [1.82, 2.24) is 15.4 Å². The Morgan fingerprint density at radius 2 is 1.83 bits per heavy atom. The Morgan fingerprint density at radius 1 is 1.17 bits per heavy atom. The van der Waals surface area contributed by atoms with Crippen LogP contribution in [0.2, 0.25) is 0 Å². The molecule has 10 heteroatoms. The quantitative estimate of drug-likeness (QED) is 0.431. The third-order valence-electron chi connectivity index (χ3n) is 5.03. The van der Waals surface area contributed by atoms with Crippen molar-refractivity contribution in [3.05, 3.63) is 70.3 Å². The molecule has 0 aromatic heterocycles. The smallest absolute Gasteiger partial charge is 0.289 e. The fraction of sp³-hybridized carbons (Fsp3) is 0.350. The molecule has 1 fully saturated rings. The molecule has 1 aliphatic rings. The van der Waals surface area contributed by atoms with Gasteiger partial charge in [-0.1, -0.05) is 42.5 Å². The third-order valence-corrected chi connectivity index (χ3v) is 6.63. The summed E-state index contributed by atoms with van der Waals surface area (Å²) < 4.78 is 28.3. The number of rotatable bonds is 8. The molecule has 0 bridgehead atoms. The lowest BCUT2D eigenvalue weighted by atomic mass is 10.0. The van der Waals surface area contributed by atoms with Crippen LogP contribution in [0.4, 0.5) is 5.69 Å². The van der Waals surface area contributed by atoms with Crippen molar-refractivity contribution in [2.24, 2.45) is 0 Å². The number of amides is 1. The van der Waals surface area contributed by atoms with Crippen molar-refractivity contribution in [3.63, 3.8) is 0 Å². The lowest BCUT2D eigenvalue weighted by molar-refractivity contribution is -0.387. The minimum Gasteiger partial charge on any atom is -0.346 e. The lowest BCUT2D eigenvalue weighted by Crippen LogP contribution is -2.48. The van der Waals surface area contributed by atoms with Crippen LogP contribution in [-0.4, -0.2) is 37.9 Å². The van der Waals surface area contributed by atoms with Gasteiger partial charge in [-0.15, -0.1) is 0 Å². The van der Waals surface area contributed by atoms with E-state index in [1.165, 1.54) is 18.2 Å². The number of nitro benzene ring substituents is 1. The van der Waals surface area contributed by atoms with E-state index in [1.54, 1.807) is 31.2 Å². The van der Waals surface area contributed by atoms with Gasteiger partial charge in [-0.3, -0.25) is 14.9 Å². The molecule has 3 atom stereocenters. The van der Waals surface area contributed by atoms with Crippen LogP contribution in [0.1, 0.15) is 31.4 Å². The van der Waals surface area contributed by atoms with E-state index >= 15 is 0 Å². The molecule has 1 saturated heterocycles. The van der Waals surface area contributed by atoms with Crippen LogP contribution in [0, 0.1) is 10.1 Å². The summed E-state index contributed by atoms with van der Waals surface area (Å²) in [7, 11) is -4.20. The normalized spacial score (nSPS) is 18.5. The molecule has 0 unspecified atom stereocenters. The summed E-state index contributed by atoms with van der Waals surface area (Å²) in [5.41, 5.74) is 0.217. The second-order valence-electron chi connectivity index (χ2n) is 7.18. The highest BCUT2D eigenvalue weighted by atomic mass is 32.2. The molecule has 3 N–H and O–H groups in total. The summed E-state index contributed by atoms with van der Waals surface area (Å²) in [4.78, 5) is 22.8. The molecule has 9 nitrogen and oxygen atoms in total. The Morgan fingerprint density at radius 3 is 2.47 bits per heavy atom. The lowest BCUT2D eigenvalue weighted by Gasteiger charge is -2.27.